The van der Waals surface area contributed by atoms with E-state index >= 15 is 0 Å². The summed E-state index contributed by atoms with van der Waals surface area (Å²) in [7, 11) is 0. The summed E-state index contributed by atoms with van der Waals surface area (Å²) in [5.74, 6) is 0.322. The van der Waals surface area contributed by atoms with E-state index in [2.05, 4.69) is 0 Å². The number of nitrogens with two attached hydrogens (primary N) is 1. The quantitative estimate of drug-likeness (QED) is 0.814. The molecule has 0 aromatic carbocycles. The van der Waals surface area contributed by atoms with Crippen molar-refractivity contribution in [3.63, 3.8) is 0 Å². The third-order valence-corrected chi connectivity index (χ3v) is 4.65. The fraction of sp³-hybridized carbons (Fsp3) is 0.929. The van der Waals surface area contributed by atoms with Crippen molar-refractivity contribution >= 4 is 5.78 Å². The molecule has 0 aliphatic carbocycles. The summed E-state index contributed by atoms with van der Waals surface area (Å²) in [6, 6.07) is 0. The van der Waals surface area contributed by atoms with Crippen molar-refractivity contribution in [2.75, 3.05) is 26.4 Å². The van der Waals surface area contributed by atoms with Gasteiger partial charge in [0.15, 0.2) is 5.78 Å². The van der Waals surface area contributed by atoms with E-state index in [1.165, 1.54) is 0 Å². The zero-order valence-corrected chi connectivity index (χ0v) is 11.3. The van der Waals surface area contributed by atoms with Crippen LogP contribution in [0.15, 0.2) is 0 Å². The molecule has 1 spiro atoms. The van der Waals surface area contributed by atoms with Gasteiger partial charge >= 0.3 is 0 Å². The van der Waals surface area contributed by atoms with Gasteiger partial charge in [-0.3, -0.25) is 4.79 Å². The van der Waals surface area contributed by atoms with Crippen LogP contribution in [0.2, 0.25) is 0 Å². The molecule has 0 aromatic rings. The van der Waals surface area contributed by atoms with Crippen LogP contribution >= 0.6 is 0 Å². The van der Waals surface area contributed by atoms with Gasteiger partial charge in [0, 0.05) is 32.1 Å². The van der Waals surface area contributed by atoms with Gasteiger partial charge in [-0.25, -0.2) is 0 Å². The van der Waals surface area contributed by atoms with Gasteiger partial charge in [-0.15, -0.1) is 0 Å². The normalized spacial score (nSPS) is 42.9. The minimum Gasteiger partial charge on any atom is -0.378 e. The molecule has 5 heteroatoms. The molecule has 4 atom stereocenters. The van der Waals surface area contributed by atoms with Crippen LogP contribution in [0.4, 0.5) is 0 Å². The standard InChI is InChI=1S/C14H23NO4/c15-8-11-1-2-12(19-11)13(16)10-3-5-18-14(7-10)4-6-17-9-14/h10-12H,1-9,15H2. The topological polar surface area (TPSA) is 70.8 Å². The Kier molecular flexibility index (Phi) is 3.89. The van der Waals surface area contributed by atoms with Crippen molar-refractivity contribution in [2.45, 2.75) is 49.9 Å². The number of carbonyl (C=O) groups excluding carboxylic acids is 1. The first-order valence-electron chi connectivity index (χ1n) is 7.33. The second-order valence-electron chi connectivity index (χ2n) is 5.99. The highest BCUT2D eigenvalue weighted by atomic mass is 16.6. The zero-order chi connectivity index (χ0) is 13.3. The van der Waals surface area contributed by atoms with Crippen molar-refractivity contribution in [3.8, 4) is 0 Å². The molecule has 0 bridgehead atoms. The highest BCUT2D eigenvalue weighted by Crippen LogP contribution is 2.37. The number of hydrogen-bond donors (Lipinski definition) is 1. The summed E-state index contributed by atoms with van der Waals surface area (Å²) in [4.78, 5) is 12.5. The van der Waals surface area contributed by atoms with Gasteiger partial charge in [-0.2, -0.15) is 0 Å². The molecule has 3 saturated heterocycles. The lowest BCUT2D eigenvalue weighted by Crippen LogP contribution is -2.44. The summed E-state index contributed by atoms with van der Waals surface area (Å²) in [5.41, 5.74) is 5.39. The fourth-order valence-electron chi connectivity index (χ4n) is 3.49. The summed E-state index contributed by atoms with van der Waals surface area (Å²) >= 11 is 0. The first-order chi connectivity index (χ1) is 9.22. The van der Waals surface area contributed by atoms with Gasteiger partial charge in [0.2, 0.25) is 0 Å². The molecule has 0 amide bonds. The Morgan fingerprint density at radius 2 is 2.16 bits per heavy atom. The highest BCUT2D eigenvalue weighted by molar-refractivity contribution is 5.85. The molecule has 2 N–H and O–H groups in total. The number of carbonyl (C=O) groups is 1. The lowest BCUT2D eigenvalue weighted by Gasteiger charge is -2.37. The minimum atomic E-state index is -0.240. The van der Waals surface area contributed by atoms with Crippen LogP contribution in [0.5, 0.6) is 0 Å². The molecule has 19 heavy (non-hydrogen) atoms. The maximum absolute atomic E-state index is 12.5. The lowest BCUT2D eigenvalue weighted by molar-refractivity contribution is -0.146. The minimum absolute atomic E-state index is 0.0666. The fourth-order valence-corrected chi connectivity index (χ4v) is 3.49. The maximum atomic E-state index is 12.5. The summed E-state index contributed by atoms with van der Waals surface area (Å²) in [5, 5.41) is 0. The van der Waals surface area contributed by atoms with Crippen LogP contribution in [0.25, 0.3) is 0 Å². The van der Waals surface area contributed by atoms with E-state index in [0.29, 0.717) is 19.8 Å². The van der Waals surface area contributed by atoms with Gasteiger partial charge in [-0.1, -0.05) is 0 Å². The Morgan fingerprint density at radius 1 is 1.26 bits per heavy atom. The number of rotatable bonds is 3. The molecule has 0 radical (unpaired) electrons. The monoisotopic (exact) mass is 269 g/mol. The number of hydrogen-bond acceptors (Lipinski definition) is 5. The lowest BCUT2D eigenvalue weighted by atomic mass is 9.81. The van der Waals surface area contributed by atoms with E-state index in [1.54, 1.807) is 0 Å². The molecule has 0 saturated carbocycles. The number of ether oxygens (including phenoxy) is 3. The average molecular weight is 269 g/mol. The largest absolute Gasteiger partial charge is 0.378 e. The zero-order valence-electron chi connectivity index (χ0n) is 11.3. The average Bonchev–Trinajstić information content (AvgIpc) is 3.07. The third-order valence-electron chi connectivity index (χ3n) is 4.65. The van der Waals surface area contributed by atoms with Crippen molar-refractivity contribution < 1.29 is 19.0 Å². The van der Waals surface area contributed by atoms with E-state index in [4.69, 9.17) is 19.9 Å². The number of ketones is 1. The van der Waals surface area contributed by atoms with E-state index in [9.17, 15) is 4.79 Å². The van der Waals surface area contributed by atoms with Gasteiger partial charge in [0.25, 0.3) is 0 Å². The Balaban J connectivity index is 1.60. The Bertz CT molecular complexity index is 340. The summed E-state index contributed by atoms with van der Waals surface area (Å²) < 4.78 is 17.0. The molecular weight excluding hydrogens is 246 g/mol. The van der Waals surface area contributed by atoms with E-state index in [-0.39, 0.29) is 29.5 Å². The summed E-state index contributed by atoms with van der Waals surface area (Å²) in [6.45, 7) is 2.55. The van der Waals surface area contributed by atoms with Crippen LogP contribution in [-0.4, -0.2) is 50.0 Å². The predicted molar refractivity (Wildman–Crippen MR) is 68.8 cm³/mol. The Morgan fingerprint density at radius 3 is 2.84 bits per heavy atom. The molecule has 4 unspecified atom stereocenters. The van der Waals surface area contributed by atoms with Crippen LogP contribution in [0.3, 0.4) is 0 Å². The smallest absolute Gasteiger partial charge is 0.164 e. The molecule has 3 heterocycles. The van der Waals surface area contributed by atoms with Crippen LogP contribution in [0, 0.1) is 5.92 Å². The molecule has 3 aliphatic heterocycles. The van der Waals surface area contributed by atoms with Gasteiger partial charge in [0.1, 0.15) is 6.10 Å². The number of Topliss-reactive ketones (excluding diaryl/α,β-unsaturated/α-hetero) is 1. The van der Waals surface area contributed by atoms with Crippen molar-refractivity contribution in [2.24, 2.45) is 11.7 Å². The second-order valence-corrected chi connectivity index (χ2v) is 5.99. The molecule has 108 valence electrons. The molecule has 3 aliphatic rings. The SMILES string of the molecule is NCC1CCC(C(=O)C2CCOC3(CCOC3)C2)O1. The van der Waals surface area contributed by atoms with Gasteiger partial charge in [0.05, 0.1) is 18.3 Å². The summed E-state index contributed by atoms with van der Waals surface area (Å²) in [6.07, 6.45) is 4.07. The van der Waals surface area contributed by atoms with Crippen molar-refractivity contribution in [1.29, 1.82) is 0 Å². The first-order valence-corrected chi connectivity index (χ1v) is 7.33. The van der Waals surface area contributed by atoms with Crippen LogP contribution in [0.1, 0.15) is 32.1 Å². The van der Waals surface area contributed by atoms with E-state index in [1.807, 2.05) is 0 Å². The molecule has 3 fully saturated rings. The highest BCUT2D eigenvalue weighted by Gasteiger charge is 2.45. The van der Waals surface area contributed by atoms with Crippen LogP contribution in [-0.2, 0) is 19.0 Å². The molecular formula is C14H23NO4. The van der Waals surface area contributed by atoms with Crippen molar-refractivity contribution in [1.82, 2.24) is 0 Å². The Labute approximate surface area is 113 Å². The Hall–Kier alpha value is -0.490. The van der Waals surface area contributed by atoms with E-state index in [0.717, 1.165) is 38.7 Å². The third kappa shape index (κ3) is 2.70. The van der Waals surface area contributed by atoms with Crippen molar-refractivity contribution in [3.05, 3.63) is 0 Å². The first kappa shape index (κ1) is 13.5. The predicted octanol–water partition coefficient (Wildman–Crippen LogP) is 0.647. The van der Waals surface area contributed by atoms with Gasteiger partial charge in [-0.05, 0) is 25.7 Å². The maximum Gasteiger partial charge on any atom is 0.164 e. The van der Waals surface area contributed by atoms with Gasteiger partial charge < -0.3 is 19.9 Å². The second kappa shape index (κ2) is 5.48. The molecule has 0 aromatic heterocycles. The molecule has 3 rings (SSSR count). The van der Waals surface area contributed by atoms with E-state index < -0.39 is 0 Å². The molecule has 5 nitrogen and oxygen atoms in total. The van der Waals surface area contributed by atoms with Crippen LogP contribution < -0.4 is 5.73 Å².